The summed E-state index contributed by atoms with van der Waals surface area (Å²) in [6.07, 6.45) is 7.68. The minimum absolute atomic E-state index is 0. The maximum Gasteiger partial charge on any atom is 0.138 e. The number of hydrogen-bond donors (Lipinski definition) is 0. The van der Waals surface area contributed by atoms with Gasteiger partial charge in [-0.3, -0.25) is 20.1 Å². The zero-order valence-electron chi connectivity index (χ0n) is 14.9. The van der Waals surface area contributed by atoms with Crippen LogP contribution in [0, 0.1) is 6.07 Å². The summed E-state index contributed by atoms with van der Waals surface area (Å²) in [7, 11) is 0. The third-order valence-corrected chi connectivity index (χ3v) is 3.53. The molecule has 4 aromatic heterocycles. The smallest absolute Gasteiger partial charge is 0.138 e. The summed E-state index contributed by atoms with van der Waals surface area (Å²) in [5.74, 6) is 1.79. The van der Waals surface area contributed by atoms with Gasteiger partial charge < -0.3 is 16.1 Å². The maximum atomic E-state index is 4.37. The maximum absolute atomic E-state index is 4.37. The van der Waals surface area contributed by atoms with Crippen LogP contribution in [0.3, 0.4) is 0 Å². The van der Waals surface area contributed by atoms with Crippen molar-refractivity contribution in [1.29, 1.82) is 0 Å². The second-order valence-electron chi connectivity index (χ2n) is 5.37. The molecule has 0 N–H and O–H groups in total. The van der Waals surface area contributed by atoms with Crippen molar-refractivity contribution in [1.82, 2.24) is 44.9 Å². The van der Waals surface area contributed by atoms with Gasteiger partial charge in [0.1, 0.15) is 19.0 Å². The van der Waals surface area contributed by atoms with Crippen molar-refractivity contribution in [2.45, 2.75) is 0 Å². The van der Waals surface area contributed by atoms with E-state index in [9.17, 15) is 0 Å². The monoisotopic (exact) mass is 560 g/mol. The Bertz CT molecular complexity index is 1040. The van der Waals surface area contributed by atoms with Crippen LogP contribution in [0.5, 0.6) is 0 Å². The van der Waals surface area contributed by atoms with Crippen molar-refractivity contribution in [3.8, 4) is 28.7 Å². The third-order valence-electron chi connectivity index (χ3n) is 3.53. The van der Waals surface area contributed by atoms with E-state index < -0.39 is 0 Å². The normalized spacial score (nSPS) is 9.79. The van der Waals surface area contributed by atoms with Gasteiger partial charge in [0.25, 0.3) is 0 Å². The largest absolute Gasteiger partial charge is 0.417 e. The van der Waals surface area contributed by atoms with Crippen molar-refractivity contribution >= 4 is 0 Å². The Hall–Kier alpha value is -3.62. The first-order valence-corrected chi connectivity index (χ1v) is 8.27. The van der Waals surface area contributed by atoms with Crippen LogP contribution >= 0.6 is 0 Å². The van der Waals surface area contributed by atoms with E-state index in [0.717, 1.165) is 11.3 Å². The fourth-order valence-corrected chi connectivity index (χ4v) is 2.25. The number of nitrogens with zero attached hydrogens (tertiary/aromatic N) is 9. The van der Waals surface area contributed by atoms with Gasteiger partial charge in [0.2, 0.25) is 0 Å². The average molecular weight is 560 g/mol. The molecule has 0 aliphatic heterocycles. The first-order chi connectivity index (χ1) is 13.9. The van der Waals surface area contributed by atoms with Gasteiger partial charge in [0, 0.05) is 26.3 Å². The molecule has 0 saturated carbocycles. The second-order valence-corrected chi connectivity index (χ2v) is 5.37. The predicted molar refractivity (Wildman–Crippen MR) is 99.8 cm³/mol. The van der Waals surface area contributed by atoms with Crippen LogP contribution in [0.25, 0.3) is 28.7 Å². The molecule has 1 aromatic carbocycles. The van der Waals surface area contributed by atoms with Crippen LogP contribution in [-0.4, -0.2) is 39.8 Å². The Morgan fingerprint density at radius 1 is 0.897 bits per heavy atom. The first kappa shape index (κ1) is 20.1. The van der Waals surface area contributed by atoms with Crippen molar-refractivity contribution in [2.75, 3.05) is 0 Å². The number of pyridine rings is 1. The average Bonchev–Trinajstić information content (AvgIpc) is 3.49. The molecule has 0 atom stereocenters. The fraction of sp³-hybridized carbons (Fsp3) is 0. The van der Waals surface area contributed by atoms with E-state index in [2.05, 4.69) is 46.3 Å². The molecule has 0 fully saturated rings. The first-order valence-electron chi connectivity index (χ1n) is 8.27. The third kappa shape index (κ3) is 5.22. The molecule has 0 spiro atoms. The van der Waals surface area contributed by atoms with Crippen molar-refractivity contribution < 1.29 is 20.1 Å². The Kier molecular flexibility index (Phi) is 6.99. The molecule has 9 nitrogen and oxygen atoms in total. The van der Waals surface area contributed by atoms with E-state index in [1.54, 1.807) is 12.5 Å². The van der Waals surface area contributed by atoms with Crippen LogP contribution in [0.2, 0.25) is 0 Å². The standard InChI is InChI=1S/C13H9N4.C6H4N5.Ir/c1-2-6-10(7-3-1)12-15-13(17-16-12)11-8-4-5-9-14-11;1-2-7-3-9-6(1)11-5-8-4-10-11;/h1-9H;2-5H;/q2*-1;. The minimum atomic E-state index is 0. The molecule has 0 aliphatic carbocycles. The van der Waals surface area contributed by atoms with E-state index in [1.165, 1.54) is 23.5 Å². The number of benzene rings is 1. The van der Waals surface area contributed by atoms with Crippen molar-refractivity contribution in [3.63, 3.8) is 0 Å². The predicted octanol–water partition coefficient (Wildman–Crippen LogP) is 2.02. The summed E-state index contributed by atoms with van der Waals surface area (Å²) >= 11 is 0. The van der Waals surface area contributed by atoms with Gasteiger partial charge in [-0.25, -0.2) is 9.67 Å². The van der Waals surface area contributed by atoms with Gasteiger partial charge >= 0.3 is 0 Å². The van der Waals surface area contributed by atoms with Gasteiger partial charge in [-0.2, -0.15) is 5.10 Å². The van der Waals surface area contributed by atoms with E-state index in [1.807, 2.05) is 48.5 Å². The summed E-state index contributed by atoms with van der Waals surface area (Å²) in [5, 5.41) is 12.0. The summed E-state index contributed by atoms with van der Waals surface area (Å²) in [6, 6.07) is 18.2. The van der Waals surface area contributed by atoms with Crippen LogP contribution in [-0.2, 0) is 20.1 Å². The summed E-state index contributed by atoms with van der Waals surface area (Å²) in [5.41, 5.74) is 1.70. The Balaban J connectivity index is 0.000000174. The molecule has 1 radical (unpaired) electrons. The fourth-order valence-electron chi connectivity index (χ4n) is 2.25. The Morgan fingerprint density at radius 3 is 2.45 bits per heavy atom. The topological polar surface area (TPSA) is 109 Å². The summed E-state index contributed by atoms with van der Waals surface area (Å²) in [4.78, 5) is 20.0. The van der Waals surface area contributed by atoms with Gasteiger partial charge in [0.05, 0.1) is 11.5 Å². The molecule has 29 heavy (non-hydrogen) atoms. The van der Waals surface area contributed by atoms with Crippen LogP contribution in [0.4, 0.5) is 0 Å². The summed E-state index contributed by atoms with van der Waals surface area (Å²) < 4.78 is 1.52. The molecule has 0 bridgehead atoms. The molecule has 0 saturated heterocycles. The van der Waals surface area contributed by atoms with E-state index >= 15 is 0 Å². The number of rotatable bonds is 3. The Morgan fingerprint density at radius 2 is 1.76 bits per heavy atom. The molecule has 10 heteroatoms. The molecular formula is C19H13IrN9-2. The molecule has 0 amide bonds. The van der Waals surface area contributed by atoms with Crippen molar-refractivity contribution in [2.24, 2.45) is 0 Å². The summed E-state index contributed by atoms with van der Waals surface area (Å²) in [6.45, 7) is 0. The molecule has 5 aromatic rings. The zero-order valence-corrected chi connectivity index (χ0v) is 17.3. The molecular weight excluding hydrogens is 546 g/mol. The molecule has 0 unspecified atom stereocenters. The van der Waals surface area contributed by atoms with Gasteiger partial charge in [0.15, 0.2) is 0 Å². The SMILES string of the molecule is [Ir].[c-]1cncnc1-n1cncn1.c1ccc(-c2n[n-]c(-c3ccccn3)n2)cc1. The Labute approximate surface area is 179 Å². The van der Waals surface area contributed by atoms with E-state index in [0.29, 0.717) is 17.5 Å². The quantitative estimate of drug-likeness (QED) is 0.309. The van der Waals surface area contributed by atoms with Gasteiger partial charge in [-0.05, 0) is 29.3 Å². The minimum Gasteiger partial charge on any atom is -0.417 e. The van der Waals surface area contributed by atoms with Gasteiger partial charge in [-0.1, -0.05) is 36.4 Å². The van der Waals surface area contributed by atoms with E-state index in [4.69, 9.17) is 0 Å². The zero-order chi connectivity index (χ0) is 19.0. The van der Waals surface area contributed by atoms with Gasteiger partial charge in [-0.15, -0.1) is 6.20 Å². The van der Waals surface area contributed by atoms with Crippen LogP contribution < -0.4 is 5.10 Å². The molecule has 5 rings (SSSR count). The van der Waals surface area contributed by atoms with Crippen LogP contribution in [0.1, 0.15) is 0 Å². The number of aromatic nitrogens is 9. The molecule has 4 heterocycles. The van der Waals surface area contributed by atoms with Crippen LogP contribution in [0.15, 0.2) is 79.9 Å². The van der Waals surface area contributed by atoms with E-state index in [-0.39, 0.29) is 20.1 Å². The molecule has 145 valence electrons. The second kappa shape index (κ2) is 10.1. The number of hydrogen-bond acceptors (Lipinski definition) is 7. The molecule has 0 aliphatic rings. The van der Waals surface area contributed by atoms with Crippen molar-refractivity contribution in [3.05, 3.63) is 86.0 Å².